The van der Waals surface area contributed by atoms with E-state index in [0.717, 1.165) is 0 Å². The first-order valence-electron chi connectivity index (χ1n) is 2.64. The van der Waals surface area contributed by atoms with Crippen molar-refractivity contribution in [3.05, 3.63) is 23.9 Å². The Morgan fingerprint density at radius 3 is 2.30 bits per heavy atom. The molecule has 0 aromatic heterocycles. The largest absolute Gasteiger partial charge is 0.478 e. The van der Waals surface area contributed by atoms with E-state index in [-0.39, 0.29) is 5.57 Å². The molecule has 10 heavy (non-hydrogen) atoms. The summed E-state index contributed by atoms with van der Waals surface area (Å²) in [5, 5.41) is 8.46. The van der Waals surface area contributed by atoms with Crippen molar-refractivity contribution in [1.82, 2.24) is 0 Å². The van der Waals surface area contributed by atoms with E-state index >= 15 is 0 Å². The van der Waals surface area contributed by atoms with Crippen LogP contribution in [0.4, 0.5) is 0 Å². The third kappa shape index (κ3) is 2.26. The van der Waals surface area contributed by atoms with Crippen LogP contribution in [0.3, 0.4) is 0 Å². The molecule has 0 aliphatic heterocycles. The highest BCUT2D eigenvalue weighted by atomic mass is 16.4. The Labute approximate surface area is 59.4 Å². The second-order valence-electron chi connectivity index (χ2n) is 1.81. The number of carbonyl (C=O) groups is 1. The van der Waals surface area contributed by atoms with Gasteiger partial charge < -0.3 is 5.11 Å². The lowest BCUT2D eigenvalue weighted by Gasteiger charge is -1.95. The number of rotatable bonds is 3. The first-order valence-corrected chi connectivity index (χ1v) is 2.64. The molecule has 0 unspecified atom stereocenters. The number of nitrogens with zero attached hydrogens (tertiary/aromatic N) is 1. The third-order valence-electron chi connectivity index (χ3n) is 0.911. The molecule has 0 aromatic rings. The van der Waals surface area contributed by atoms with Crippen molar-refractivity contribution in [3.63, 3.8) is 0 Å². The molecule has 0 aliphatic rings. The Balaban J connectivity index is 4.58. The van der Waals surface area contributed by atoms with Gasteiger partial charge in [0.25, 0.3) is 0 Å². The first kappa shape index (κ1) is 8.62. The summed E-state index contributed by atoms with van der Waals surface area (Å²) >= 11 is 0. The Morgan fingerprint density at radius 2 is 2.20 bits per heavy atom. The number of carboxylic acid groups (broad SMARTS) is 1. The number of aliphatic carboxylic acids is 1. The second kappa shape index (κ2) is 3.61. The Hall–Kier alpha value is -1.38. The fraction of sp³-hybridized carbons (Fsp3) is 0.143. The van der Waals surface area contributed by atoms with Gasteiger partial charge >= 0.3 is 5.97 Å². The van der Waals surface area contributed by atoms with Crippen molar-refractivity contribution in [2.24, 2.45) is 4.99 Å². The monoisotopic (exact) mass is 139 g/mol. The Kier molecular flexibility index (Phi) is 3.11. The topological polar surface area (TPSA) is 49.7 Å². The predicted molar refractivity (Wildman–Crippen MR) is 40.1 cm³/mol. The standard InChI is InChI=1S/C7H9NO2/c1-5(2)6(4-8-3)7(9)10/h4H,1,3H2,2H3,(H,9,10)/b6-4+. The molecule has 0 aromatic carbocycles. The summed E-state index contributed by atoms with van der Waals surface area (Å²) in [6.45, 7) is 8.20. The molecule has 3 heteroatoms. The van der Waals surface area contributed by atoms with E-state index in [0.29, 0.717) is 5.57 Å². The minimum atomic E-state index is -1.03. The van der Waals surface area contributed by atoms with Crippen LogP contribution in [0.25, 0.3) is 0 Å². The Bertz CT molecular complexity index is 188. The summed E-state index contributed by atoms with van der Waals surface area (Å²) < 4.78 is 0. The van der Waals surface area contributed by atoms with Gasteiger partial charge in [0, 0.05) is 6.20 Å². The zero-order chi connectivity index (χ0) is 8.15. The van der Waals surface area contributed by atoms with E-state index in [1.54, 1.807) is 6.92 Å². The molecule has 3 nitrogen and oxygen atoms in total. The van der Waals surface area contributed by atoms with E-state index in [4.69, 9.17) is 5.11 Å². The fourth-order valence-corrected chi connectivity index (χ4v) is 0.439. The normalized spacial score (nSPS) is 10.7. The van der Waals surface area contributed by atoms with Gasteiger partial charge in [-0.3, -0.25) is 4.99 Å². The molecule has 0 saturated heterocycles. The van der Waals surface area contributed by atoms with Crippen LogP contribution in [-0.4, -0.2) is 17.8 Å². The lowest BCUT2D eigenvalue weighted by molar-refractivity contribution is -0.132. The smallest absolute Gasteiger partial charge is 0.337 e. The summed E-state index contributed by atoms with van der Waals surface area (Å²) in [6.07, 6.45) is 1.17. The van der Waals surface area contributed by atoms with Crippen molar-refractivity contribution in [3.8, 4) is 0 Å². The highest BCUT2D eigenvalue weighted by Gasteiger charge is 2.05. The van der Waals surface area contributed by atoms with E-state index in [1.807, 2.05) is 0 Å². The molecule has 0 atom stereocenters. The molecule has 1 N–H and O–H groups in total. The fourth-order valence-electron chi connectivity index (χ4n) is 0.439. The van der Waals surface area contributed by atoms with Gasteiger partial charge in [-0.25, -0.2) is 4.79 Å². The molecule has 0 amide bonds. The summed E-state index contributed by atoms with van der Waals surface area (Å²) in [5.41, 5.74) is 0.565. The first-order chi connectivity index (χ1) is 4.59. The van der Waals surface area contributed by atoms with Gasteiger partial charge in [-0.2, -0.15) is 0 Å². The highest BCUT2D eigenvalue weighted by molar-refractivity contribution is 5.91. The van der Waals surface area contributed by atoms with Gasteiger partial charge in [0.2, 0.25) is 0 Å². The zero-order valence-corrected chi connectivity index (χ0v) is 5.79. The summed E-state index contributed by atoms with van der Waals surface area (Å²) in [7, 11) is 0. The van der Waals surface area contributed by atoms with Crippen LogP contribution < -0.4 is 0 Å². The quantitative estimate of drug-likeness (QED) is 0.363. The molecule has 0 saturated carbocycles. The van der Waals surface area contributed by atoms with Gasteiger partial charge in [0.1, 0.15) is 0 Å². The summed E-state index contributed by atoms with van der Waals surface area (Å²) in [5.74, 6) is -1.03. The maximum Gasteiger partial charge on any atom is 0.337 e. The van der Waals surface area contributed by atoms with Crippen LogP contribution in [0.5, 0.6) is 0 Å². The molecule has 0 rings (SSSR count). The van der Waals surface area contributed by atoms with Crippen molar-refractivity contribution >= 4 is 12.7 Å². The molecule has 0 bridgehead atoms. The average Bonchev–Trinajstić information content (AvgIpc) is 1.81. The second-order valence-corrected chi connectivity index (χ2v) is 1.81. The van der Waals surface area contributed by atoms with Crippen molar-refractivity contribution < 1.29 is 9.90 Å². The van der Waals surface area contributed by atoms with Crippen LogP contribution in [0.15, 0.2) is 28.9 Å². The summed E-state index contributed by atoms with van der Waals surface area (Å²) in [4.78, 5) is 13.6. The van der Waals surface area contributed by atoms with Gasteiger partial charge in [0.05, 0.1) is 5.57 Å². The maximum absolute atomic E-state index is 10.3. The molecular formula is C7H9NO2. The predicted octanol–water partition coefficient (Wildman–Crippen LogP) is 1.23. The lowest BCUT2D eigenvalue weighted by atomic mass is 10.1. The zero-order valence-electron chi connectivity index (χ0n) is 5.79. The van der Waals surface area contributed by atoms with Crippen molar-refractivity contribution in [2.45, 2.75) is 6.92 Å². The van der Waals surface area contributed by atoms with E-state index in [9.17, 15) is 4.79 Å². The van der Waals surface area contributed by atoms with Crippen LogP contribution in [0, 0.1) is 0 Å². The van der Waals surface area contributed by atoms with Crippen LogP contribution >= 0.6 is 0 Å². The molecule has 0 fully saturated rings. The molecule has 54 valence electrons. The minimum absolute atomic E-state index is 0.0926. The molecule has 0 radical (unpaired) electrons. The van der Waals surface area contributed by atoms with Crippen molar-refractivity contribution in [2.75, 3.05) is 0 Å². The average molecular weight is 139 g/mol. The van der Waals surface area contributed by atoms with Gasteiger partial charge in [-0.15, -0.1) is 0 Å². The van der Waals surface area contributed by atoms with E-state index in [1.165, 1.54) is 6.20 Å². The van der Waals surface area contributed by atoms with Gasteiger partial charge in [-0.1, -0.05) is 6.58 Å². The maximum atomic E-state index is 10.3. The number of hydrogen-bond donors (Lipinski definition) is 1. The SMILES string of the molecule is C=N/C=C(\C(=C)C)C(=O)O. The van der Waals surface area contributed by atoms with Gasteiger partial charge in [-0.05, 0) is 19.2 Å². The number of carboxylic acids is 1. The van der Waals surface area contributed by atoms with E-state index in [2.05, 4.69) is 18.3 Å². The number of hydrogen-bond acceptors (Lipinski definition) is 2. The molecule has 0 aliphatic carbocycles. The van der Waals surface area contributed by atoms with Crippen LogP contribution in [0.2, 0.25) is 0 Å². The minimum Gasteiger partial charge on any atom is -0.478 e. The molecule has 0 heterocycles. The number of aliphatic imine (C=N–C) groups is 1. The lowest BCUT2D eigenvalue weighted by Crippen LogP contribution is -2.00. The molecular weight excluding hydrogens is 130 g/mol. The van der Waals surface area contributed by atoms with E-state index < -0.39 is 5.97 Å². The highest BCUT2D eigenvalue weighted by Crippen LogP contribution is 2.05. The third-order valence-corrected chi connectivity index (χ3v) is 0.911. The van der Waals surface area contributed by atoms with Crippen molar-refractivity contribution in [1.29, 1.82) is 0 Å². The summed E-state index contributed by atoms with van der Waals surface area (Å²) in [6, 6.07) is 0. The molecule has 0 spiro atoms. The van der Waals surface area contributed by atoms with Crippen LogP contribution in [0.1, 0.15) is 6.92 Å². The Morgan fingerprint density at radius 1 is 1.70 bits per heavy atom. The van der Waals surface area contributed by atoms with Crippen LogP contribution in [-0.2, 0) is 4.79 Å². The van der Waals surface area contributed by atoms with Gasteiger partial charge in [0.15, 0.2) is 0 Å².